The predicted octanol–water partition coefficient (Wildman–Crippen LogP) is 2.34. The number of ether oxygens (including phenoxy) is 1. The van der Waals surface area contributed by atoms with Gasteiger partial charge in [0.15, 0.2) is 0 Å². The van der Waals surface area contributed by atoms with Gasteiger partial charge in [-0.05, 0) is 30.2 Å². The molecular formula is C16H19N3O2. The van der Waals surface area contributed by atoms with E-state index in [1.54, 1.807) is 26.2 Å². The minimum absolute atomic E-state index is 0.0876. The van der Waals surface area contributed by atoms with Gasteiger partial charge in [0.05, 0.1) is 5.56 Å². The van der Waals surface area contributed by atoms with Gasteiger partial charge in [0.2, 0.25) is 5.88 Å². The van der Waals surface area contributed by atoms with Crippen molar-refractivity contribution in [3.63, 3.8) is 0 Å². The van der Waals surface area contributed by atoms with Crippen molar-refractivity contribution in [2.75, 3.05) is 14.1 Å². The average Bonchev–Trinajstić information content (AvgIpc) is 2.49. The fourth-order valence-corrected chi connectivity index (χ4v) is 1.82. The summed E-state index contributed by atoms with van der Waals surface area (Å²) in [5.74, 6) is 1.08. The lowest BCUT2D eigenvalue weighted by atomic mass is 10.1. The van der Waals surface area contributed by atoms with Crippen molar-refractivity contribution in [3.8, 4) is 11.6 Å². The number of carbonyl (C=O) groups is 1. The van der Waals surface area contributed by atoms with Crippen LogP contribution in [0.25, 0.3) is 0 Å². The minimum atomic E-state index is -0.0876. The van der Waals surface area contributed by atoms with E-state index < -0.39 is 0 Å². The molecule has 0 bridgehead atoms. The number of rotatable bonds is 4. The first-order valence-electron chi connectivity index (χ1n) is 6.66. The third-order valence-electron chi connectivity index (χ3n) is 3.09. The van der Waals surface area contributed by atoms with Crippen LogP contribution in [0.4, 0.5) is 0 Å². The summed E-state index contributed by atoms with van der Waals surface area (Å²) in [6.07, 6.45) is 1.51. The zero-order chi connectivity index (χ0) is 15.4. The maximum atomic E-state index is 11.8. The maximum Gasteiger partial charge on any atom is 0.254 e. The molecule has 1 aromatic heterocycles. The van der Waals surface area contributed by atoms with Gasteiger partial charge >= 0.3 is 0 Å². The van der Waals surface area contributed by atoms with E-state index in [1.165, 1.54) is 11.1 Å². The van der Waals surface area contributed by atoms with E-state index in [2.05, 4.69) is 4.98 Å². The van der Waals surface area contributed by atoms with Crippen molar-refractivity contribution in [1.29, 1.82) is 0 Å². The molecule has 0 atom stereocenters. The predicted molar refractivity (Wildman–Crippen MR) is 81.4 cm³/mol. The first kappa shape index (κ1) is 15.0. The van der Waals surface area contributed by atoms with Crippen LogP contribution >= 0.6 is 0 Å². The highest BCUT2D eigenvalue weighted by atomic mass is 16.5. The average molecular weight is 285 g/mol. The molecule has 0 spiro atoms. The Morgan fingerprint density at radius 3 is 2.62 bits per heavy atom. The Bertz CT molecular complexity index is 636. The molecule has 0 saturated heterocycles. The second-order valence-electron chi connectivity index (χ2n) is 4.99. The van der Waals surface area contributed by atoms with Crippen LogP contribution in [0.15, 0.2) is 36.5 Å². The van der Waals surface area contributed by atoms with Crippen LogP contribution in [0.2, 0.25) is 0 Å². The number of aryl methyl sites for hydroxylation is 1. The summed E-state index contributed by atoms with van der Waals surface area (Å²) < 4.78 is 5.76. The molecule has 21 heavy (non-hydrogen) atoms. The lowest BCUT2D eigenvalue weighted by molar-refractivity contribution is 0.0827. The summed E-state index contributed by atoms with van der Waals surface area (Å²) in [5, 5.41) is 0. The Labute approximate surface area is 124 Å². The van der Waals surface area contributed by atoms with E-state index in [4.69, 9.17) is 10.5 Å². The van der Waals surface area contributed by atoms with E-state index >= 15 is 0 Å². The van der Waals surface area contributed by atoms with E-state index in [0.29, 0.717) is 18.0 Å². The fraction of sp³-hybridized carbons (Fsp3) is 0.250. The van der Waals surface area contributed by atoms with Crippen molar-refractivity contribution in [3.05, 3.63) is 53.2 Å². The highest BCUT2D eigenvalue weighted by Crippen LogP contribution is 2.25. The van der Waals surface area contributed by atoms with Gasteiger partial charge in [-0.3, -0.25) is 4.79 Å². The summed E-state index contributed by atoms with van der Waals surface area (Å²) >= 11 is 0. The van der Waals surface area contributed by atoms with Crippen LogP contribution in [-0.2, 0) is 6.54 Å². The molecule has 0 aliphatic rings. The molecule has 0 radical (unpaired) electrons. The molecule has 2 rings (SSSR count). The zero-order valence-corrected chi connectivity index (χ0v) is 12.5. The van der Waals surface area contributed by atoms with Gasteiger partial charge in [-0.1, -0.05) is 12.1 Å². The van der Waals surface area contributed by atoms with E-state index in [0.717, 1.165) is 16.9 Å². The molecular weight excluding hydrogens is 266 g/mol. The number of carbonyl (C=O) groups excluding carboxylic acids is 1. The van der Waals surface area contributed by atoms with Crippen LogP contribution in [0, 0.1) is 6.92 Å². The Kier molecular flexibility index (Phi) is 4.55. The first-order chi connectivity index (χ1) is 10.0. The molecule has 2 N–H and O–H groups in total. The summed E-state index contributed by atoms with van der Waals surface area (Å²) in [4.78, 5) is 17.5. The molecule has 1 amide bonds. The summed E-state index contributed by atoms with van der Waals surface area (Å²) in [6.45, 7) is 2.42. The molecule has 0 aliphatic carbocycles. The van der Waals surface area contributed by atoms with Crippen LogP contribution in [0.3, 0.4) is 0 Å². The second kappa shape index (κ2) is 6.37. The van der Waals surface area contributed by atoms with Crippen LogP contribution < -0.4 is 10.5 Å². The van der Waals surface area contributed by atoms with Gasteiger partial charge in [-0.15, -0.1) is 0 Å². The van der Waals surface area contributed by atoms with Gasteiger partial charge in [0, 0.05) is 32.9 Å². The third kappa shape index (κ3) is 3.58. The number of amides is 1. The van der Waals surface area contributed by atoms with Crippen molar-refractivity contribution in [2.24, 2.45) is 5.73 Å². The normalized spacial score (nSPS) is 10.3. The third-order valence-corrected chi connectivity index (χ3v) is 3.09. The topological polar surface area (TPSA) is 68.5 Å². The van der Waals surface area contributed by atoms with Gasteiger partial charge in [-0.25, -0.2) is 4.98 Å². The number of nitrogens with two attached hydrogens (primary N) is 1. The lowest BCUT2D eigenvalue weighted by Crippen LogP contribution is -2.21. The number of benzene rings is 1. The highest BCUT2D eigenvalue weighted by Gasteiger charge is 2.09. The fourth-order valence-electron chi connectivity index (χ4n) is 1.82. The second-order valence-corrected chi connectivity index (χ2v) is 4.99. The largest absolute Gasteiger partial charge is 0.439 e. The quantitative estimate of drug-likeness (QED) is 0.936. The summed E-state index contributed by atoms with van der Waals surface area (Å²) in [5.41, 5.74) is 8.16. The molecule has 2 aromatic rings. The standard InChI is InChI=1S/C16H19N3O2/c1-11-4-5-12(9-17)8-14(11)21-15-7-6-13(10-18-15)16(20)19(2)3/h4-8,10H,9,17H2,1-3H3. The molecule has 0 saturated carbocycles. The summed E-state index contributed by atoms with van der Waals surface area (Å²) in [6, 6.07) is 9.21. The van der Waals surface area contributed by atoms with E-state index in [1.807, 2.05) is 25.1 Å². The number of nitrogens with zero attached hydrogens (tertiary/aromatic N) is 2. The molecule has 0 fully saturated rings. The maximum absolute atomic E-state index is 11.8. The Morgan fingerprint density at radius 1 is 1.29 bits per heavy atom. The van der Waals surface area contributed by atoms with Crippen LogP contribution in [-0.4, -0.2) is 29.9 Å². The van der Waals surface area contributed by atoms with Crippen molar-refractivity contribution in [2.45, 2.75) is 13.5 Å². The molecule has 0 unspecified atom stereocenters. The van der Waals surface area contributed by atoms with Crippen LogP contribution in [0.1, 0.15) is 21.5 Å². The molecule has 110 valence electrons. The molecule has 5 heteroatoms. The molecule has 0 aliphatic heterocycles. The van der Waals surface area contributed by atoms with E-state index in [-0.39, 0.29) is 5.91 Å². The number of aromatic nitrogens is 1. The highest BCUT2D eigenvalue weighted by molar-refractivity contribution is 5.93. The molecule has 1 aromatic carbocycles. The molecule has 5 nitrogen and oxygen atoms in total. The Balaban J connectivity index is 2.19. The Morgan fingerprint density at radius 2 is 2.05 bits per heavy atom. The monoisotopic (exact) mass is 285 g/mol. The molecule has 1 heterocycles. The Hall–Kier alpha value is -2.40. The number of hydrogen-bond acceptors (Lipinski definition) is 4. The van der Waals surface area contributed by atoms with Gasteiger partial charge < -0.3 is 15.4 Å². The van der Waals surface area contributed by atoms with Gasteiger partial charge in [-0.2, -0.15) is 0 Å². The van der Waals surface area contributed by atoms with Crippen molar-refractivity contribution < 1.29 is 9.53 Å². The minimum Gasteiger partial charge on any atom is -0.439 e. The lowest BCUT2D eigenvalue weighted by Gasteiger charge is -2.11. The number of pyridine rings is 1. The van der Waals surface area contributed by atoms with Gasteiger partial charge in [0.1, 0.15) is 5.75 Å². The van der Waals surface area contributed by atoms with Gasteiger partial charge in [0.25, 0.3) is 5.91 Å². The zero-order valence-electron chi connectivity index (χ0n) is 12.5. The SMILES string of the molecule is Cc1ccc(CN)cc1Oc1ccc(C(=O)N(C)C)cn1. The van der Waals surface area contributed by atoms with Crippen molar-refractivity contribution >= 4 is 5.91 Å². The van der Waals surface area contributed by atoms with E-state index in [9.17, 15) is 4.79 Å². The van der Waals surface area contributed by atoms with Crippen LogP contribution in [0.5, 0.6) is 11.6 Å². The first-order valence-corrected chi connectivity index (χ1v) is 6.66. The summed E-state index contributed by atoms with van der Waals surface area (Å²) in [7, 11) is 3.41. The smallest absolute Gasteiger partial charge is 0.254 e. The number of hydrogen-bond donors (Lipinski definition) is 1. The van der Waals surface area contributed by atoms with Crippen molar-refractivity contribution in [1.82, 2.24) is 9.88 Å².